The lowest BCUT2D eigenvalue weighted by atomic mass is 10.2. The summed E-state index contributed by atoms with van der Waals surface area (Å²) in [5, 5.41) is 0. The van der Waals surface area contributed by atoms with Gasteiger partial charge in [-0.05, 0) is 51.9 Å². The fourth-order valence-electron chi connectivity index (χ4n) is 2.27. The molecule has 2 nitrogen and oxygen atoms in total. The van der Waals surface area contributed by atoms with Crippen LogP contribution in [0.2, 0.25) is 0 Å². The molecule has 0 radical (unpaired) electrons. The van der Waals surface area contributed by atoms with E-state index in [4.69, 9.17) is 4.74 Å². The zero-order chi connectivity index (χ0) is 19.1. The number of carbonyl (C=O) groups excluding carboxylic acids is 1. The third-order valence-electron chi connectivity index (χ3n) is 3.72. The first-order chi connectivity index (χ1) is 12.8. The summed E-state index contributed by atoms with van der Waals surface area (Å²) < 4.78 is 4.88. The van der Waals surface area contributed by atoms with E-state index in [1.54, 1.807) is 0 Å². The summed E-state index contributed by atoms with van der Waals surface area (Å²) in [6, 6.07) is 0. The molecule has 0 saturated carbocycles. The molecule has 0 N–H and O–H groups in total. The molecule has 0 rings (SSSR count). The lowest BCUT2D eigenvalue weighted by Crippen LogP contribution is -2.02. The van der Waals surface area contributed by atoms with Crippen LogP contribution in [0, 0.1) is 0 Å². The highest BCUT2D eigenvalue weighted by atomic mass is 16.5. The van der Waals surface area contributed by atoms with Crippen LogP contribution in [0.3, 0.4) is 0 Å². The molecule has 0 saturated heterocycles. The van der Waals surface area contributed by atoms with E-state index in [1.807, 2.05) is 13.0 Å². The van der Waals surface area contributed by atoms with Gasteiger partial charge in [0.1, 0.15) is 0 Å². The number of rotatable bonds is 16. The second-order valence-electron chi connectivity index (χ2n) is 6.14. The molecule has 26 heavy (non-hydrogen) atoms. The van der Waals surface area contributed by atoms with Crippen molar-refractivity contribution in [3.63, 3.8) is 0 Å². The Morgan fingerprint density at radius 3 is 1.58 bits per heavy atom. The zero-order valence-electron chi connectivity index (χ0n) is 16.9. The predicted octanol–water partition coefficient (Wildman–Crippen LogP) is 7.25. The lowest BCUT2D eigenvalue weighted by Gasteiger charge is -1.97. The van der Waals surface area contributed by atoms with E-state index in [9.17, 15) is 4.79 Å². The monoisotopic (exact) mass is 358 g/mol. The minimum absolute atomic E-state index is 0.116. The van der Waals surface area contributed by atoms with Gasteiger partial charge < -0.3 is 4.74 Å². The summed E-state index contributed by atoms with van der Waals surface area (Å²) in [5.74, 6) is -0.116. The van der Waals surface area contributed by atoms with Crippen LogP contribution < -0.4 is 0 Å². The first-order valence-electron chi connectivity index (χ1n) is 10.2. The smallest absolute Gasteiger partial charge is 0.306 e. The Morgan fingerprint density at radius 1 is 0.654 bits per heavy atom. The lowest BCUT2D eigenvalue weighted by molar-refractivity contribution is -0.142. The van der Waals surface area contributed by atoms with Gasteiger partial charge in [0.15, 0.2) is 0 Å². The molecule has 0 spiro atoms. The van der Waals surface area contributed by atoms with Crippen molar-refractivity contribution in [1.82, 2.24) is 0 Å². The second-order valence-corrected chi connectivity index (χ2v) is 6.14. The summed E-state index contributed by atoms with van der Waals surface area (Å²) in [5.41, 5.74) is 0. The van der Waals surface area contributed by atoms with Crippen molar-refractivity contribution in [2.75, 3.05) is 6.61 Å². The van der Waals surface area contributed by atoms with Crippen molar-refractivity contribution in [3.8, 4) is 0 Å². The van der Waals surface area contributed by atoms with Gasteiger partial charge in [-0.15, -0.1) is 0 Å². The Kier molecular flexibility index (Phi) is 19.7. The molecule has 0 atom stereocenters. The summed E-state index contributed by atoms with van der Waals surface area (Å²) >= 11 is 0. The third-order valence-corrected chi connectivity index (χ3v) is 3.72. The molecule has 0 aliphatic rings. The number of hydrogen-bond acceptors (Lipinski definition) is 2. The van der Waals surface area contributed by atoms with Gasteiger partial charge in [-0.1, -0.05) is 80.5 Å². The van der Waals surface area contributed by atoms with Crippen molar-refractivity contribution in [2.24, 2.45) is 0 Å². The SMILES string of the molecule is CCCCCC=CCC=CCC=CCC=CC/C=C\CCC(=O)OCC. The van der Waals surface area contributed by atoms with Crippen LogP contribution in [-0.4, -0.2) is 12.6 Å². The average molecular weight is 359 g/mol. The molecular weight excluding hydrogens is 320 g/mol. The van der Waals surface area contributed by atoms with Gasteiger partial charge in [-0.25, -0.2) is 0 Å². The number of carbonyl (C=O) groups is 1. The Hall–Kier alpha value is -1.83. The molecule has 0 fully saturated rings. The molecule has 2 heteroatoms. The molecule has 0 amide bonds. The minimum Gasteiger partial charge on any atom is -0.466 e. The summed E-state index contributed by atoms with van der Waals surface area (Å²) in [7, 11) is 0. The van der Waals surface area contributed by atoms with Crippen LogP contribution in [-0.2, 0) is 9.53 Å². The average Bonchev–Trinajstić information content (AvgIpc) is 2.64. The van der Waals surface area contributed by atoms with Crippen molar-refractivity contribution in [3.05, 3.63) is 60.8 Å². The Bertz CT molecular complexity index is 453. The summed E-state index contributed by atoms with van der Waals surface area (Å²) in [6.45, 7) is 4.53. The van der Waals surface area contributed by atoms with Crippen molar-refractivity contribution < 1.29 is 9.53 Å². The molecule has 0 aromatic rings. The van der Waals surface area contributed by atoms with Crippen LogP contribution in [0.15, 0.2) is 60.8 Å². The van der Waals surface area contributed by atoms with Crippen LogP contribution in [0.1, 0.15) is 78.1 Å². The van der Waals surface area contributed by atoms with E-state index in [-0.39, 0.29) is 5.97 Å². The van der Waals surface area contributed by atoms with Gasteiger partial charge in [0.05, 0.1) is 6.61 Å². The number of unbranched alkanes of at least 4 members (excludes halogenated alkanes) is 3. The standard InChI is InChI=1S/C24H38O2/c1-3-5-6-7-8-9-10-11-12-13-14-15-16-17-18-19-20-21-22-23-24(25)26-4-2/h8-9,11-12,14-15,17-18,20-21H,3-7,10,13,16,19,22-23H2,1-2H3/b9-8?,12-11?,15-14?,18-17?,21-20-. The maximum Gasteiger partial charge on any atom is 0.306 e. The van der Waals surface area contributed by atoms with E-state index >= 15 is 0 Å². The Morgan fingerprint density at radius 2 is 1.12 bits per heavy atom. The largest absolute Gasteiger partial charge is 0.466 e. The van der Waals surface area contributed by atoms with Gasteiger partial charge in [0.2, 0.25) is 0 Å². The van der Waals surface area contributed by atoms with Crippen LogP contribution in [0.4, 0.5) is 0 Å². The second kappa shape index (κ2) is 21.2. The number of hydrogen-bond donors (Lipinski definition) is 0. The predicted molar refractivity (Wildman–Crippen MR) is 114 cm³/mol. The van der Waals surface area contributed by atoms with Crippen molar-refractivity contribution >= 4 is 5.97 Å². The van der Waals surface area contributed by atoms with E-state index in [1.165, 1.54) is 25.7 Å². The minimum atomic E-state index is -0.116. The summed E-state index contributed by atoms with van der Waals surface area (Å²) in [6.07, 6.45) is 32.2. The molecule has 0 unspecified atom stereocenters. The number of esters is 1. The molecule has 0 aliphatic carbocycles. The quantitative estimate of drug-likeness (QED) is 0.165. The van der Waals surface area contributed by atoms with Gasteiger partial charge in [-0.2, -0.15) is 0 Å². The van der Waals surface area contributed by atoms with Crippen LogP contribution in [0.25, 0.3) is 0 Å². The molecular formula is C24H38O2. The van der Waals surface area contributed by atoms with Gasteiger partial charge in [0.25, 0.3) is 0 Å². The molecule has 146 valence electrons. The Balaban J connectivity index is 3.50. The van der Waals surface area contributed by atoms with Gasteiger partial charge in [-0.3, -0.25) is 4.79 Å². The highest BCUT2D eigenvalue weighted by molar-refractivity contribution is 5.69. The number of ether oxygens (including phenoxy) is 1. The van der Waals surface area contributed by atoms with Gasteiger partial charge >= 0.3 is 5.97 Å². The first-order valence-corrected chi connectivity index (χ1v) is 10.2. The molecule has 0 heterocycles. The fraction of sp³-hybridized carbons (Fsp3) is 0.542. The zero-order valence-corrected chi connectivity index (χ0v) is 16.9. The Labute approximate surface area is 161 Å². The third kappa shape index (κ3) is 20.2. The highest BCUT2D eigenvalue weighted by Crippen LogP contribution is 2.01. The topological polar surface area (TPSA) is 26.3 Å². The van der Waals surface area contributed by atoms with Crippen LogP contribution >= 0.6 is 0 Å². The molecule has 0 aliphatic heterocycles. The molecule has 0 aromatic heterocycles. The van der Waals surface area contributed by atoms with Gasteiger partial charge in [0, 0.05) is 6.42 Å². The summed E-state index contributed by atoms with van der Waals surface area (Å²) in [4.78, 5) is 11.1. The van der Waals surface area contributed by atoms with Crippen molar-refractivity contribution in [2.45, 2.75) is 78.1 Å². The maximum atomic E-state index is 11.1. The van der Waals surface area contributed by atoms with E-state index in [0.717, 1.165) is 32.1 Å². The van der Waals surface area contributed by atoms with E-state index < -0.39 is 0 Å². The molecule has 0 aromatic carbocycles. The molecule has 0 bridgehead atoms. The van der Waals surface area contributed by atoms with E-state index in [2.05, 4.69) is 61.6 Å². The normalized spacial score (nSPS) is 12.5. The van der Waals surface area contributed by atoms with E-state index in [0.29, 0.717) is 13.0 Å². The van der Waals surface area contributed by atoms with Crippen molar-refractivity contribution in [1.29, 1.82) is 0 Å². The van der Waals surface area contributed by atoms with Crippen LogP contribution in [0.5, 0.6) is 0 Å². The highest BCUT2D eigenvalue weighted by Gasteiger charge is 1.97. The maximum absolute atomic E-state index is 11.1. The first kappa shape index (κ1) is 24.2. The fourth-order valence-corrected chi connectivity index (χ4v) is 2.27. The number of allylic oxidation sites excluding steroid dienone is 10.